The largest absolute Gasteiger partial charge is 0.396 e. The predicted molar refractivity (Wildman–Crippen MR) is 93.6 cm³/mol. The molecule has 7 heteroatoms. The molecule has 1 aliphatic carbocycles. The second-order valence-corrected chi connectivity index (χ2v) is 6.50. The van der Waals surface area contributed by atoms with Gasteiger partial charge >= 0.3 is 6.03 Å². The number of aliphatic hydroxyl groups excluding tert-OH is 1. The topological polar surface area (TPSA) is 79.2 Å². The number of hydrogen-bond acceptors (Lipinski definition) is 3. The Morgan fingerprint density at radius 2 is 2.00 bits per heavy atom. The first-order valence-electron chi connectivity index (χ1n) is 8.14. The summed E-state index contributed by atoms with van der Waals surface area (Å²) < 4.78 is 1.63. The number of aromatic nitrogens is 2. The maximum Gasteiger partial charge on any atom is 0.320 e. The van der Waals surface area contributed by atoms with Crippen molar-refractivity contribution in [1.29, 1.82) is 0 Å². The molecule has 2 amide bonds. The van der Waals surface area contributed by atoms with Crippen LogP contribution < -0.4 is 10.6 Å². The summed E-state index contributed by atoms with van der Waals surface area (Å²) >= 11 is 6.15. The summed E-state index contributed by atoms with van der Waals surface area (Å²) in [7, 11) is 0. The van der Waals surface area contributed by atoms with Gasteiger partial charge in [-0.05, 0) is 43.7 Å². The molecule has 128 valence electrons. The minimum Gasteiger partial charge on any atom is -0.396 e. The van der Waals surface area contributed by atoms with E-state index in [1.807, 2.05) is 18.2 Å². The Balaban J connectivity index is 1.55. The summed E-state index contributed by atoms with van der Waals surface area (Å²) in [5.41, 5.74) is 0.759. The lowest BCUT2D eigenvalue weighted by atomic mass is 9.87. The van der Waals surface area contributed by atoms with Crippen LogP contribution in [-0.4, -0.2) is 33.6 Å². The first-order valence-corrected chi connectivity index (χ1v) is 8.52. The molecule has 0 radical (unpaired) electrons. The van der Waals surface area contributed by atoms with Gasteiger partial charge in [0.2, 0.25) is 0 Å². The number of carbonyl (C=O) groups is 1. The van der Waals surface area contributed by atoms with Crippen LogP contribution in [0.2, 0.25) is 5.02 Å². The summed E-state index contributed by atoms with van der Waals surface area (Å²) in [4.78, 5) is 12.1. The zero-order valence-corrected chi connectivity index (χ0v) is 14.0. The molecule has 0 spiro atoms. The third kappa shape index (κ3) is 4.07. The van der Waals surface area contributed by atoms with Gasteiger partial charge in [0.15, 0.2) is 5.82 Å². The van der Waals surface area contributed by atoms with Crippen molar-refractivity contribution in [3.05, 3.63) is 41.6 Å². The molecule has 6 nitrogen and oxygen atoms in total. The number of amides is 2. The Bertz CT molecular complexity index is 695. The summed E-state index contributed by atoms with van der Waals surface area (Å²) in [5, 5.41) is 19.8. The van der Waals surface area contributed by atoms with Gasteiger partial charge in [0.05, 0.1) is 10.7 Å². The van der Waals surface area contributed by atoms with Crippen molar-refractivity contribution in [2.24, 2.45) is 5.92 Å². The average molecular weight is 349 g/mol. The number of urea groups is 1. The highest BCUT2D eigenvalue weighted by Crippen LogP contribution is 2.24. The van der Waals surface area contributed by atoms with E-state index in [0.717, 1.165) is 31.4 Å². The Hall–Kier alpha value is -2.05. The molecule has 0 bridgehead atoms. The van der Waals surface area contributed by atoms with E-state index >= 15 is 0 Å². The van der Waals surface area contributed by atoms with Crippen LogP contribution in [0.15, 0.2) is 36.5 Å². The molecule has 0 saturated heterocycles. The van der Waals surface area contributed by atoms with E-state index in [4.69, 9.17) is 16.7 Å². The van der Waals surface area contributed by atoms with Gasteiger partial charge in [-0.2, -0.15) is 0 Å². The highest BCUT2D eigenvalue weighted by Gasteiger charge is 2.22. The van der Waals surface area contributed by atoms with Gasteiger partial charge < -0.3 is 10.4 Å². The molecule has 3 N–H and O–H groups in total. The summed E-state index contributed by atoms with van der Waals surface area (Å²) in [6.07, 6.45) is 5.44. The Morgan fingerprint density at radius 1 is 1.25 bits per heavy atom. The van der Waals surface area contributed by atoms with E-state index in [1.165, 1.54) is 0 Å². The highest BCUT2D eigenvalue weighted by atomic mass is 35.5. The highest BCUT2D eigenvalue weighted by molar-refractivity contribution is 6.32. The maximum atomic E-state index is 12.1. The van der Waals surface area contributed by atoms with Gasteiger partial charge in [-0.3, -0.25) is 5.32 Å². The van der Waals surface area contributed by atoms with E-state index in [-0.39, 0.29) is 18.7 Å². The predicted octanol–water partition coefficient (Wildman–Crippen LogP) is 3.20. The fraction of sp³-hybridized carbons (Fsp3) is 0.412. The van der Waals surface area contributed by atoms with Crippen LogP contribution in [0, 0.1) is 5.92 Å². The molecule has 0 aliphatic heterocycles. The first kappa shape index (κ1) is 16.8. The van der Waals surface area contributed by atoms with Crippen LogP contribution in [0.1, 0.15) is 25.7 Å². The Labute approximate surface area is 145 Å². The van der Waals surface area contributed by atoms with Crippen LogP contribution in [0.25, 0.3) is 5.69 Å². The summed E-state index contributed by atoms with van der Waals surface area (Å²) in [6, 6.07) is 9.01. The van der Waals surface area contributed by atoms with E-state index in [0.29, 0.717) is 16.8 Å². The number of carbonyl (C=O) groups excluding carboxylic acids is 1. The van der Waals surface area contributed by atoms with E-state index in [2.05, 4.69) is 15.7 Å². The van der Waals surface area contributed by atoms with Gasteiger partial charge in [0, 0.05) is 24.9 Å². The normalized spacial score (nSPS) is 20.6. The molecule has 24 heavy (non-hydrogen) atoms. The fourth-order valence-electron chi connectivity index (χ4n) is 2.99. The third-order valence-corrected chi connectivity index (χ3v) is 4.69. The van der Waals surface area contributed by atoms with Crippen molar-refractivity contribution < 1.29 is 9.90 Å². The van der Waals surface area contributed by atoms with Crippen molar-refractivity contribution in [2.75, 3.05) is 11.9 Å². The smallest absolute Gasteiger partial charge is 0.320 e. The van der Waals surface area contributed by atoms with E-state index in [9.17, 15) is 4.79 Å². The zero-order chi connectivity index (χ0) is 16.9. The minimum atomic E-state index is -0.258. The molecular formula is C17H21ClN4O2. The second-order valence-electron chi connectivity index (χ2n) is 6.10. The maximum absolute atomic E-state index is 12.1. The number of hydrogen-bond donors (Lipinski definition) is 3. The Kier molecular flexibility index (Phi) is 5.37. The molecule has 2 aromatic rings. The molecule has 1 aromatic carbocycles. The number of nitrogens with zero attached hydrogens (tertiary/aromatic N) is 2. The molecule has 1 aliphatic rings. The zero-order valence-electron chi connectivity index (χ0n) is 13.3. The molecule has 0 unspecified atom stereocenters. The molecule has 1 heterocycles. The fourth-order valence-corrected chi connectivity index (χ4v) is 3.21. The summed E-state index contributed by atoms with van der Waals surface area (Å²) in [5.74, 6) is 0.842. The number of benzene rings is 1. The Morgan fingerprint density at radius 3 is 2.71 bits per heavy atom. The van der Waals surface area contributed by atoms with Crippen LogP contribution in [0.5, 0.6) is 0 Å². The molecule has 1 saturated carbocycles. The quantitative estimate of drug-likeness (QED) is 0.793. The van der Waals surface area contributed by atoms with Gasteiger partial charge in [0.25, 0.3) is 0 Å². The van der Waals surface area contributed by atoms with E-state index < -0.39 is 0 Å². The number of nitrogens with one attached hydrogen (secondary N) is 2. The van der Waals surface area contributed by atoms with E-state index in [1.54, 1.807) is 23.0 Å². The number of anilines is 1. The first-order chi connectivity index (χ1) is 11.7. The van der Waals surface area contributed by atoms with Gasteiger partial charge in [-0.25, -0.2) is 9.48 Å². The van der Waals surface area contributed by atoms with Crippen molar-refractivity contribution in [1.82, 2.24) is 15.1 Å². The molecule has 1 aromatic heterocycles. The molecule has 0 atom stereocenters. The standard InChI is InChI=1S/C17H21ClN4O2/c18-14-3-1-2-4-15(14)22-10-9-16(21-22)20-17(24)19-13-7-5-12(11-23)6-8-13/h1-4,9-10,12-13,23H,5-8,11H2,(H2,19,20,21,24). The van der Waals surface area contributed by atoms with Crippen molar-refractivity contribution in [3.63, 3.8) is 0 Å². The average Bonchev–Trinajstić information content (AvgIpc) is 3.04. The molecular weight excluding hydrogens is 328 g/mol. The SMILES string of the molecule is O=C(Nc1ccn(-c2ccccc2Cl)n1)NC1CCC(CO)CC1. The van der Waals surface area contributed by atoms with Gasteiger partial charge in [-0.15, -0.1) is 5.10 Å². The lowest BCUT2D eigenvalue weighted by molar-refractivity contribution is 0.176. The van der Waals surface area contributed by atoms with Crippen LogP contribution in [0.4, 0.5) is 10.6 Å². The number of halogens is 1. The van der Waals surface area contributed by atoms with Crippen molar-refractivity contribution in [2.45, 2.75) is 31.7 Å². The monoisotopic (exact) mass is 348 g/mol. The van der Waals surface area contributed by atoms with Crippen LogP contribution in [0.3, 0.4) is 0 Å². The van der Waals surface area contributed by atoms with Crippen LogP contribution in [-0.2, 0) is 0 Å². The van der Waals surface area contributed by atoms with Crippen molar-refractivity contribution >= 4 is 23.4 Å². The lowest BCUT2D eigenvalue weighted by Crippen LogP contribution is -2.40. The van der Waals surface area contributed by atoms with Gasteiger partial charge in [-0.1, -0.05) is 23.7 Å². The minimum absolute atomic E-state index is 0.151. The van der Waals surface area contributed by atoms with Crippen LogP contribution >= 0.6 is 11.6 Å². The van der Waals surface area contributed by atoms with Crippen molar-refractivity contribution in [3.8, 4) is 5.69 Å². The number of rotatable bonds is 4. The second kappa shape index (κ2) is 7.68. The molecule has 3 rings (SSSR count). The molecule has 1 fully saturated rings. The summed E-state index contributed by atoms with van der Waals surface area (Å²) in [6.45, 7) is 0.235. The third-order valence-electron chi connectivity index (χ3n) is 4.37. The number of para-hydroxylation sites is 1. The number of aliphatic hydroxyl groups is 1. The van der Waals surface area contributed by atoms with Gasteiger partial charge in [0.1, 0.15) is 0 Å². The lowest BCUT2D eigenvalue weighted by Gasteiger charge is -2.27.